The molecule has 1 aromatic carbocycles. The third kappa shape index (κ3) is 3.34. The summed E-state index contributed by atoms with van der Waals surface area (Å²) in [7, 11) is 2.02. The number of nitrogens with one attached hydrogen (secondary N) is 1. The maximum Gasteiger partial charge on any atom is 0.150 e. The van der Waals surface area contributed by atoms with Crippen LogP contribution in [0, 0.1) is 6.92 Å². The Bertz CT molecular complexity index is 482. The van der Waals surface area contributed by atoms with Crippen molar-refractivity contribution in [3.63, 3.8) is 0 Å². The lowest BCUT2D eigenvalue weighted by atomic mass is 10.0. The molecule has 0 saturated heterocycles. The number of nitrogens with zero attached hydrogens (tertiary/aromatic N) is 1. The van der Waals surface area contributed by atoms with Gasteiger partial charge in [-0.2, -0.15) is 0 Å². The summed E-state index contributed by atoms with van der Waals surface area (Å²) in [6.45, 7) is 4.29. The van der Waals surface area contributed by atoms with Gasteiger partial charge >= 0.3 is 0 Å². The van der Waals surface area contributed by atoms with Gasteiger partial charge in [-0.15, -0.1) is 11.3 Å². The van der Waals surface area contributed by atoms with Crippen LogP contribution in [0.15, 0.2) is 40.1 Å². The molecule has 0 amide bonds. The zero-order valence-corrected chi connectivity index (χ0v) is 12.5. The monoisotopic (exact) mass is 278 g/mol. The normalized spacial score (nSPS) is 14.4. The summed E-state index contributed by atoms with van der Waals surface area (Å²) < 4.78 is 1.15. The Balaban J connectivity index is 2.08. The van der Waals surface area contributed by atoms with E-state index in [4.69, 9.17) is 0 Å². The van der Waals surface area contributed by atoms with E-state index in [-0.39, 0.29) is 0 Å². The van der Waals surface area contributed by atoms with Crippen molar-refractivity contribution < 1.29 is 0 Å². The maximum atomic E-state index is 4.51. The van der Waals surface area contributed by atoms with Gasteiger partial charge in [-0.25, -0.2) is 4.98 Å². The predicted octanol–water partition coefficient (Wildman–Crippen LogP) is 3.89. The molecule has 2 unspecified atom stereocenters. The Morgan fingerprint density at radius 2 is 2.00 bits per heavy atom. The van der Waals surface area contributed by atoms with Crippen molar-refractivity contribution in [2.75, 3.05) is 7.05 Å². The number of thiazole rings is 1. The molecular weight excluding hydrogens is 260 g/mol. The Labute approximate surface area is 117 Å². The lowest BCUT2D eigenvalue weighted by molar-refractivity contribution is 0.589. The molecule has 2 atom stereocenters. The van der Waals surface area contributed by atoms with Crippen LogP contribution in [-0.2, 0) is 0 Å². The summed E-state index contributed by atoms with van der Waals surface area (Å²) in [6.07, 6.45) is 0. The van der Waals surface area contributed by atoms with Gasteiger partial charge in [-0.05, 0) is 19.5 Å². The molecule has 0 spiro atoms. The van der Waals surface area contributed by atoms with Gasteiger partial charge in [0.25, 0.3) is 0 Å². The van der Waals surface area contributed by atoms with E-state index in [1.54, 1.807) is 11.3 Å². The molecule has 0 saturated carbocycles. The Morgan fingerprint density at radius 1 is 1.28 bits per heavy atom. The molecule has 2 rings (SSSR count). The molecule has 18 heavy (non-hydrogen) atoms. The van der Waals surface area contributed by atoms with Crippen LogP contribution in [-0.4, -0.2) is 17.3 Å². The molecule has 0 fully saturated rings. The van der Waals surface area contributed by atoms with Crippen molar-refractivity contribution in [2.24, 2.45) is 0 Å². The molecule has 0 aliphatic carbocycles. The number of benzene rings is 1. The van der Waals surface area contributed by atoms with Gasteiger partial charge in [0.05, 0.1) is 0 Å². The first-order valence-electron chi connectivity index (χ1n) is 6.01. The van der Waals surface area contributed by atoms with E-state index in [9.17, 15) is 0 Å². The van der Waals surface area contributed by atoms with Crippen LogP contribution >= 0.6 is 23.1 Å². The van der Waals surface area contributed by atoms with Gasteiger partial charge in [0.1, 0.15) is 4.34 Å². The summed E-state index contributed by atoms with van der Waals surface area (Å²) in [5, 5.41) is 5.95. The summed E-state index contributed by atoms with van der Waals surface area (Å²) in [4.78, 5) is 4.51. The molecule has 0 aliphatic rings. The van der Waals surface area contributed by atoms with Crippen molar-refractivity contribution in [2.45, 2.75) is 29.5 Å². The molecule has 2 nitrogen and oxygen atoms in total. The van der Waals surface area contributed by atoms with Crippen LogP contribution in [0.5, 0.6) is 0 Å². The molecule has 2 aromatic rings. The van der Waals surface area contributed by atoms with Gasteiger partial charge in [0.2, 0.25) is 0 Å². The lowest BCUT2D eigenvalue weighted by Crippen LogP contribution is -2.25. The molecule has 1 N–H and O–H groups in total. The van der Waals surface area contributed by atoms with Crippen molar-refractivity contribution >= 4 is 23.1 Å². The Morgan fingerprint density at radius 3 is 2.56 bits per heavy atom. The Kier molecular flexibility index (Phi) is 4.80. The maximum absolute atomic E-state index is 4.51. The summed E-state index contributed by atoms with van der Waals surface area (Å²) in [5.74, 6) is 0. The van der Waals surface area contributed by atoms with Gasteiger partial charge in [-0.3, -0.25) is 0 Å². The second kappa shape index (κ2) is 6.36. The minimum Gasteiger partial charge on any atom is -0.312 e. The molecule has 1 aromatic heterocycles. The zero-order chi connectivity index (χ0) is 13.0. The molecular formula is C14H18N2S2. The SMILES string of the molecule is CNC(c1ccccc1)C(C)Sc1nc(C)cs1. The number of thioether (sulfide) groups is 1. The molecule has 0 radical (unpaired) electrons. The van der Waals surface area contributed by atoms with Gasteiger partial charge in [-0.1, -0.05) is 49.0 Å². The minimum absolute atomic E-state index is 0.348. The topological polar surface area (TPSA) is 24.9 Å². The first-order valence-corrected chi connectivity index (χ1v) is 7.77. The van der Waals surface area contributed by atoms with Crippen LogP contribution in [0.1, 0.15) is 24.2 Å². The lowest BCUT2D eigenvalue weighted by Gasteiger charge is -2.22. The Hall–Kier alpha value is -0.840. The third-order valence-electron chi connectivity index (χ3n) is 2.82. The highest BCUT2D eigenvalue weighted by atomic mass is 32.2. The van der Waals surface area contributed by atoms with E-state index >= 15 is 0 Å². The van der Waals surface area contributed by atoms with Crippen molar-refractivity contribution in [3.05, 3.63) is 47.0 Å². The highest BCUT2D eigenvalue weighted by Crippen LogP contribution is 2.33. The summed E-state index contributed by atoms with van der Waals surface area (Å²) >= 11 is 3.56. The third-order valence-corrected chi connectivity index (χ3v) is 5.09. The molecule has 96 valence electrons. The fraction of sp³-hybridized carbons (Fsp3) is 0.357. The van der Waals surface area contributed by atoms with Crippen LogP contribution in [0.3, 0.4) is 0 Å². The van der Waals surface area contributed by atoms with E-state index in [2.05, 4.69) is 52.9 Å². The number of hydrogen-bond acceptors (Lipinski definition) is 4. The highest BCUT2D eigenvalue weighted by Gasteiger charge is 2.19. The van der Waals surface area contributed by atoms with Gasteiger partial charge in [0, 0.05) is 22.4 Å². The van der Waals surface area contributed by atoms with Gasteiger partial charge in [0.15, 0.2) is 0 Å². The smallest absolute Gasteiger partial charge is 0.150 e. The number of rotatable bonds is 5. The van der Waals surface area contributed by atoms with Crippen LogP contribution in [0.25, 0.3) is 0 Å². The van der Waals surface area contributed by atoms with E-state index in [0.29, 0.717) is 11.3 Å². The quantitative estimate of drug-likeness (QED) is 0.840. The average Bonchev–Trinajstić information content (AvgIpc) is 2.77. The first-order chi connectivity index (χ1) is 8.70. The van der Waals surface area contributed by atoms with E-state index in [1.165, 1.54) is 5.56 Å². The molecule has 4 heteroatoms. The standard InChI is InChI=1S/C14H18N2S2/c1-10-9-17-14(16-10)18-11(2)13(15-3)12-7-5-4-6-8-12/h4-9,11,13,15H,1-3H3. The second-order valence-electron chi connectivity index (χ2n) is 4.25. The van der Waals surface area contributed by atoms with Gasteiger partial charge < -0.3 is 5.32 Å². The zero-order valence-electron chi connectivity index (χ0n) is 10.9. The van der Waals surface area contributed by atoms with Crippen molar-refractivity contribution in [3.8, 4) is 0 Å². The van der Waals surface area contributed by atoms with E-state index < -0.39 is 0 Å². The number of aromatic nitrogens is 1. The predicted molar refractivity (Wildman–Crippen MR) is 80.4 cm³/mol. The molecule has 0 bridgehead atoms. The van der Waals surface area contributed by atoms with Crippen molar-refractivity contribution in [1.82, 2.24) is 10.3 Å². The number of aryl methyl sites for hydroxylation is 1. The minimum atomic E-state index is 0.348. The molecule has 1 heterocycles. The largest absolute Gasteiger partial charge is 0.312 e. The second-order valence-corrected chi connectivity index (χ2v) is 6.74. The van der Waals surface area contributed by atoms with Crippen LogP contribution in [0.2, 0.25) is 0 Å². The summed E-state index contributed by atoms with van der Waals surface area (Å²) in [6, 6.07) is 10.9. The highest BCUT2D eigenvalue weighted by molar-refractivity contribution is 8.01. The fourth-order valence-corrected chi connectivity index (χ4v) is 4.23. The average molecular weight is 278 g/mol. The first kappa shape index (κ1) is 13.6. The fourth-order valence-electron chi connectivity index (χ4n) is 1.95. The molecule has 0 aliphatic heterocycles. The van der Waals surface area contributed by atoms with E-state index in [0.717, 1.165) is 10.0 Å². The van der Waals surface area contributed by atoms with Crippen LogP contribution in [0.4, 0.5) is 0 Å². The van der Waals surface area contributed by atoms with E-state index in [1.807, 2.05) is 25.7 Å². The number of hydrogen-bond donors (Lipinski definition) is 1. The van der Waals surface area contributed by atoms with Crippen molar-refractivity contribution in [1.29, 1.82) is 0 Å². The van der Waals surface area contributed by atoms with Crippen LogP contribution < -0.4 is 5.32 Å². The summed E-state index contributed by atoms with van der Waals surface area (Å²) in [5.41, 5.74) is 2.43.